The number of esters is 2. The van der Waals surface area contributed by atoms with Crippen molar-refractivity contribution >= 4 is 43.8 Å². The van der Waals surface area contributed by atoms with Gasteiger partial charge in [-0.25, -0.2) is 23.0 Å². The van der Waals surface area contributed by atoms with Gasteiger partial charge in [0.15, 0.2) is 35.1 Å². The molecule has 1 aromatic carbocycles. The van der Waals surface area contributed by atoms with Gasteiger partial charge in [0, 0.05) is 5.69 Å². The molecule has 1 aromatic heterocycles. The third-order valence-corrected chi connectivity index (χ3v) is 8.47. The van der Waals surface area contributed by atoms with Gasteiger partial charge in [0.05, 0.1) is 24.3 Å². The first-order valence-corrected chi connectivity index (χ1v) is 13.0. The molecule has 17 heteroatoms. The van der Waals surface area contributed by atoms with Crippen LogP contribution in [0.3, 0.4) is 0 Å². The molecule has 0 saturated heterocycles. The van der Waals surface area contributed by atoms with E-state index in [-0.39, 0.29) is 25.6 Å². The van der Waals surface area contributed by atoms with Gasteiger partial charge in [0.25, 0.3) is 0 Å². The van der Waals surface area contributed by atoms with E-state index >= 15 is 0 Å². The number of carbonyl (C=O) groups excluding carboxylic acids is 2. The second-order valence-corrected chi connectivity index (χ2v) is 11.1. The number of hydrogen-bond acceptors (Lipinski definition) is 16. The molecule has 0 amide bonds. The van der Waals surface area contributed by atoms with Crippen LogP contribution in [0.25, 0.3) is 0 Å². The van der Waals surface area contributed by atoms with Crippen LogP contribution in [0.4, 0.5) is 10.7 Å². The number of cyclic esters (lactones) is 2. The van der Waals surface area contributed by atoms with Crippen LogP contribution in [0.2, 0.25) is 0 Å². The number of anilines is 2. The number of hydrogen-bond donors (Lipinski definition) is 8. The highest BCUT2D eigenvalue weighted by atomic mass is 32.2. The standard InChI is InChI=1S/C21H21N3O12S2/c25-6-10(27)17-15(29)13(19(31)35-17)23-8-1-3-9(4-2-8)38(33,34)21-22-5-12(37-21)24-14-16(30)18(11(28)7-26)36-20(14)32/h1-5,10-11,17-18,23-30H,6-7H2/t10-,11+,17-,18-/m0/s1. The molecule has 0 unspecified atom stereocenters. The lowest BCUT2D eigenvalue weighted by Crippen LogP contribution is -2.31. The van der Waals surface area contributed by atoms with E-state index in [4.69, 9.17) is 19.7 Å². The van der Waals surface area contributed by atoms with Crippen molar-refractivity contribution in [3.63, 3.8) is 0 Å². The second-order valence-electron chi connectivity index (χ2n) is 7.94. The lowest BCUT2D eigenvalue weighted by Gasteiger charge is -2.14. The van der Waals surface area contributed by atoms with E-state index in [0.717, 1.165) is 6.20 Å². The van der Waals surface area contributed by atoms with E-state index in [1.807, 2.05) is 0 Å². The fourth-order valence-corrected chi connectivity index (χ4v) is 5.86. The third kappa shape index (κ3) is 5.02. The highest BCUT2D eigenvalue weighted by Gasteiger charge is 2.40. The van der Waals surface area contributed by atoms with Crippen LogP contribution in [-0.2, 0) is 28.9 Å². The summed E-state index contributed by atoms with van der Waals surface area (Å²) in [7, 11) is -4.14. The fraction of sp³-hybridized carbons (Fsp3) is 0.286. The van der Waals surface area contributed by atoms with Crippen molar-refractivity contribution in [2.24, 2.45) is 0 Å². The molecule has 204 valence electrons. The Hall–Kier alpha value is -3.74. The SMILES string of the molecule is O=C1O[C@@H]([C@H](O)CO)C(O)=C1Nc1cnc(S(=O)(=O)c2ccc(NC3=C(O)[C@H]([C@@H](O)CO)OC3=O)cc2)s1. The van der Waals surface area contributed by atoms with Gasteiger partial charge in [0.1, 0.15) is 17.2 Å². The summed E-state index contributed by atoms with van der Waals surface area (Å²) < 4.78 is 35.3. The highest BCUT2D eigenvalue weighted by molar-refractivity contribution is 7.93. The minimum atomic E-state index is -4.14. The van der Waals surface area contributed by atoms with Gasteiger partial charge in [-0.2, -0.15) is 0 Å². The maximum absolute atomic E-state index is 13.0. The summed E-state index contributed by atoms with van der Waals surface area (Å²) in [6, 6.07) is 5.00. The number of aliphatic hydroxyl groups excluding tert-OH is 6. The second kappa shape index (κ2) is 10.6. The van der Waals surface area contributed by atoms with Crippen LogP contribution in [0, 0.1) is 0 Å². The zero-order valence-corrected chi connectivity index (χ0v) is 20.6. The third-order valence-electron chi connectivity index (χ3n) is 5.40. The number of rotatable bonds is 10. The largest absolute Gasteiger partial charge is 0.506 e. The maximum atomic E-state index is 13.0. The van der Waals surface area contributed by atoms with Crippen LogP contribution in [-0.4, -0.2) is 93.6 Å². The Morgan fingerprint density at radius 3 is 1.89 bits per heavy atom. The van der Waals surface area contributed by atoms with Crippen molar-refractivity contribution in [3.8, 4) is 0 Å². The average Bonchev–Trinajstić information content (AvgIpc) is 3.57. The highest BCUT2D eigenvalue weighted by Crippen LogP contribution is 2.32. The molecular formula is C21H21N3O12S2. The van der Waals surface area contributed by atoms with E-state index < -0.39 is 76.6 Å². The monoisotopic (exact) mass is 571 g/mol. The number of aliphatic hydroxyl groups is 6. The summed E-state index contributed by atoms with van der Waals surface area (Å²) in [6.07, 6.45) is -4.91. The summed E-state index contributed by atoms with van der Waals surface area (Å²) in [4.78, 5) is 27.7. The molecule has 4 rings (SSSR count). The topological polar surface area (TPSA) is 245 Å². The molecule has 8 N–H and O–H groups in total. The van der Waals surface area contributed by atoms with Gasteiger partial charge in [-0.05, 0) is 24.3 Å². The summed E-state index contributed by atoms with van der Waals surface area (Å²) in [5.74, 6) is -3.29. The van der Waals surface area contributed by atoms with E-state index in [1.54, 1.807) is 0 Å². The van der Waals surface area contributed by atoms with Gasteiger partial charge in [-0.15, -0.1) is 0 Å². The fourth-order valence-electron chi connectivity index (χ4n) is 3.42. The summed E-state index contributed by atoms with van der Waals surface area (Å²) in [5, 5.41) is 62.7. The van der Waals surface area contributed by atoms with Gasteiger partial charge in [-0.3, -0.25) is 0 Å². The maximum Gasteiger partial charge on any atom is 0.359 e. The first-order valence-electron chi connectivity index (χ1n) is 10.7. The lowest BCUT2D eigenvalue weighted by molar-refractivity contribution is -0.146. The number of benzene rings is 1. The predicted molar refractivity (Wildman–Crippen MR) is 127 cm³/mol. The Labute approximate surface area is 217 Å². The molecular weight excluding hydrogens is 550 g/mol. The molecule has 38 heavy (non-hydrogen) atoms. The molecule has 2 aliphatic heterocycles. The Morgan fingerprint density at radius 1 is 0.895 bits per heavy atom. The van der Waals surface area contributed by atoms with Gasteiger partial charge in [0.2, 0.25) is 14.2 Å². The van der Waals surface area contributed by atoms with Crippen molar-refractivity contribution in [1.29, 1.82) is 0 Å². The van der Waals surface area contributed by atoms with Crippen LogP contribution in [0.5, 0.6) is 0 Å². The van der Waals surface area contributed by atoms with Crippen LogP contribution in [0.1, 0.15) is 0 Å². The van der Waals surface area contributed by atoms with Crippen molar-refractivity contribution in [2.75, 3.05) is 23.8 Å². The quantitative estimate of drug-likeness (QED) is 0.158. The number of sulfone groups is 1. The number of carbonyl (C=O) groups is 2. The van der Waals surface area contributed by atoms with Crippen LogP contribution in [0.15, 0.2) is 62.6 Å². The summed E-state index contributed by atoms with van der Waals surface area (Å²) in [5.41, 5.74) is -0.627. The lowest BCUT2D eigenvalue weighted by atomic mass is 10.1. The van der Waals surface area contributed by atoms with Crippen molar-refractivity contribution in [3.05, 3.63) is 53.4 Å². The first-order chi connectivity index (χ1) is 18.0. The van der Waals surface area contributed by atoms with E-state index in [9.17, 15) is 38.4 Å². The molecule has 4 atom stereocenters. The van der Waals surface area contributed by atoms with Gasteiger partial charge >= 0.3 is 11.9 Å². The van der Waals surface area contributed by atoms with E-state index in [2.05, 4.69) is 15.6 Å². The molecule has 0 bridgehead atoms. The smallest absolute Gasteiger partial charge is 0.359 e. The summed E-state index contributed by atoms with van der Waals surface area (Å²) >= 11 is 0.640. The number of ether oxygens (including phenoxy) is 2. The Bertz CT molecular complexity index is 1420. The summed E-state index contributed by atoms with van der Waals surface area (Å²) in [6.45, 7) is -1.53. The Morgan fingerprint density at radius 2 is 1.39 bits per heavy atom. The minimum Gasteiger partial charge on any atom is -0.506 e. The molecule has 3 heterocycles. The molecule has 0 aliphatic carbocycles. The van der Waals surface area contributed by atoms with Gasteiger partial charge < -0.3 is 50.7 Å². The average molecular weight is 572 g/mol. The number of aromatic nitrogens is 1. The number of nitrogens with zero attached hydrogens (tertiary/aromatic N) is 1. The molecule has 0 fully saturated rings. The number of thiazole rings is 1. The van der Waals surface area contributed by atoms with Crippen LogP contribution < -0.4 is 10.6 Å². The predicted octanol–water partition coefficient (Wildman–Crippen LogP) is -1.10. The zero-order valence-electron chi connectivity index (χ0n) is 19.0. The molecule has 0 saturated carbocycles. The minimum absolute atomic E-state index is 0.0567. The van der Waals surface area contributed by atoms with E-state index in [0.29, 0.717) is 11.3 Å². The number of nitrogens with one attached hydrogen (secondary N) is 2. The molecule has 0 spiro atoms. The van der Waals surface area contributed by atoms with Crippen molar-refractivity contribution in [2.45, 2.75) is 33.7 Å². The van der Waals surface area contributed by atoms with Crippen LogP contribution >= 0.6 is 11.3 Å². The first kappa shape index (κ1) is 27.3. The molecule has 2 aliphatic rings. The molecule has 15 nitrogen and oxygen atoms in total. The van der Waals surface area contributed by atoms with Gasteiger partial charge in [-0.1, -0.05) is 11.3 Å². The van der Waals surface area contributed by atoms with Crippen molar-refractivity contribution in [1.82, 2.24) is 4.98 Å². The normalized spacial score (nSPS) is 21.4. The van der Waals surface area contributed by atoms with E-state index in [1.165, 1.54) is 24.3 Å². The Balaban J connectivity index is 1.49. The zero-order chi connectivity index (χ0) is 27.8. The molecule has 0 radical (unpaired) electrons. The van der Waals surface area contributed by atoms with Crippen molar-refractivity contribution < 1.29 is 58.1 Å². The molecule has 2 aromatic rings. The Kier molecular flexibility index (Phi) is 7.58.